The van der Waals surface area contributed by atoms with Gasteiger partial charge in [-0.1, -0.05) is 18.2 Å². The molecule has 160 valence electrons. The molecule has 1 aromatic carbocycles. The van der Waals surface area contributed by atoms with Gasteiger partial charge in [-0.2, -0.15) is 5.10 Å². The van der Waals surface area contributed by atoms with Crippen LogP contribution in [0.2, 0.25) is 0 Å². The molecule has 1 amide bonds. The Balaban J connectivity index is 1.53. The molecule has 7 nitrogen and oxygen atoms in total. The quantitative estimate of drug-likeness (QED) is 0.290. The van der Waals surface area contributed by atoms with Crippen molar-refractivity contribution in [3.63, 3.8) is 0 Å². The largest absolute Gasteiger partial charge is 0.335 e. The molecule has 32 heavy (non-hydrogen) atoms. The third-order valence-electron chi connectivity index (χ3n) is 5.55. The molecule has 4 aromatic rings. The lowest BCUT2D eigenvalue weighted by atomic mass is 10.0. The molecule has 7 heteroatoms. The van der Waals surface area contributed by atoms with Crippen molar-refractivity contribution in [3.8, 4) is 11.5 Å². The number of benzene rings is 1. The molecule has 1 saturated carbocycles. The van der Waals surface area contributed by atoms with E-state index in [1.54, 1.807) is 12.4 Å². The number of rotatable bonds is 7. The Bertz CT molecular complexity index is 1350. The van der Waals surface area contributed by atoms with E-state index in [1.807, 2.05) is 37.3 Å². The summed E-state index contributed by atoms with van der Waals surface area (Å²) in [7, 11) is 0. The highest BCUT2D eigenvalue weighted by Crippen LogP contribution is 2.31. The summed E-state index contributed by atoms with van der Waals surface area (Å²) in [6.45, 7) is 5.76. The predicted octanol–water partition coefficient (Wildman–Crippen LogP) is 4.89. The number of nitrogens with one attached hydrogen (secondary N) is 3. The van der Waals surface area contributed by atoms with Gasteiger partial charge in [0.15, 0.2) is 5.82 Å². The second-order valence-corrected chi connectivity index (χ2v) is 8.09. The first kappa shape index (κ1) is 19.9. The SMILES string of the molecule is C=CCC=C(C=C(C)NC(=O)C1CC1)c1ccc2[nH]nc(-c3nc4ccncc4[nH]3)c2c1. The summed E-state index contributed by atoms with van der Waals surface area (Å²) in [5.41, 5.74) is 6.26. The number of fused-ring (bicyclic) bond motifs is 2. The molecule has 1 fully saturated rings. The van der Waals surface area contributed by atoms with Crippen LogP contribution in [0.15, 0.2) is 67.2 Å². The van der Waals surface area contributed by atoms with Crippen LogP contribution >= 0.6 is 0 Å². The van der Waals surface area contributed by atoms with E-state index in [1.165, 1.54) is 0 Å². The number of allylic oxidation sites excluding steroid dienone is 5. The number of nitrogens with zero attached hydrogens (tertiary/aromatic N) is 3. The zero-order valence-corrected chi connectivity index (χ0v) is 17.9. The fraction of sp³-hybridized carbons (Fsp3) is 0.200. The van der Waals surface area contributed by atoms with Crippen molar-refractivity contribution in [2.24, 2.45) is 5.92 Å². The second-order valence-electron chi connectivity index (χ2n) is 8.09. The molecular weight excluding hydrogens is 400 g/mol. The van der Waals surface area contributed by atoms with Crippen molar-refractivity contribution in [1.82, 2.24) is 30.5 Å². The number of carbonyl (C=O) groups excluding carboxylic acids is 1. The standard InChI is InChI=1S/C25H24N6O/c1-3-4-5-17(12-15(2)27-25(32)16-6-7-16)18-8-9-20-19(13-18)23(31-30-20)24-28-21-10-11-26-14-22(21)29-24/h3,5,8-14,16H,1,4,6-7H2,2H3,(H,27,32)(H,28,29)(H,30,31). The summed E-state index contributed by atoms with van der Waals surface area (Å²) in [4.78, 5) is 24.3. The number of H-pyrrole nitrogens is 2. The van der Waals surface area contributed by atoms with Crippen molar-refractivity contribution in [1.29, 1.82) is 0 Å². The van der Waals surface area contributed by atoms with Crippen molar-refractivity contribution in [2.75, 3.05) is 0 Å². The minimum absolute atomic E-state index is 0.105. The van der Waals surface area contributed by atoms with E-state index in [0.717, 1.165) is 63.7 Å². The average molecular weight is 425 g/mol. The fourth-order valence-electron chi connectivity index (χ4n) is 3.72. The van der Waals surface area contributed by atoms with E-state index < -0.39 is 0 Å². The number of aromatic amines is 2. The zero-order chi connectivity index (χ0) is 22.1. The van der Waals surface area contributed by atoms with Crippen LogP contribution in [0.1, 0.15) is 31.7 Å². The molecule has 5 rings (SSSR count). The molecule has 1 aliphatic carbocycles. The summed E-state index contributed by atoms with van der Waals surface area (Å²) in [6.07, 6.45) is 12.1. The molecule has 1 aliphatic rings. The smallest absolute Gasteiger partial charge is 0.227 e. The van der Waals surface area contributed by atoms with Gasteiger partial charge in [-0.3, -0.25) is 14.9 Å². The lowest BCUT2D eigenvalue weighted by molar-refractivity contribution is -0.121. The van der Waals surface area contributed by atoms with E-state index in [-0.39, 0.29) is 11.8 Å². The molecule has 3 heterocycles. The van der Waals surface area contributed by atoms with Crippen molar-refractivity contribution in [2.45, 2.75) is 26.2 Å². The molecule has 0 bridgehead atoms. The predicted molar refractivity (Wildman–Crippen MR) is 126 cm³/mol. The first-order valence-electron chi connectivity index (χ1n) is 10.7. The Hall–Kier alpha value is -4.00. The highest BCUT2D eigenvalue weighted by molar-refractivity contribution is 5.95. The fourth-order valence-corrected chi connectivity index (χ4v) is 3.72. The van der Waals surface area contributed by atoms with Gasteiger partial charge in [0.05, 0.1) is 22.7 Å². The van der Waals surface area contributed by atoms with Crippen LogP contribution in [-0.2, 0) is 4.79 Å². The van der Waals surface area contributed by atoms with Crippen LogP contribution in [0, 0.1) is 5.92 Å². The molecule has 0 spiro atoms. The Morgan fingerprint density at radius 2 is 2.16 bits per heavy atom. The van der Waals surface area contributed by atoms with Crippen molar-refractivity contribution in [3.05, 3.63) is 72.7 Å². The molecule has 3 aromatic heterocycles. The van der Waals surface area contributed by atoms with Gasteiger partial charge in [-0.25, -0.2) is 4.98 Å². The topological polar surface area (TPSA) is 99.3 Å². The Labute approximate surface area is 185 Å². The van der Waals surface area contributed by atoms with Gasteiger partial charge in [0.2, 0.25) is 5.91 Å². The van der Waals surface area contributed by atoms with Crippen molar-refractivity contribution < 1.29 is 4.79 Å². The summed E-state index contributed by atoms with van der Waals surface area (Å²) in [5, 5.41) is 11.6. The van der Waals surface area contributed by atoms with E-state index >= 15 is 0 Å². The van der Waals surface area contributed by atoms with Gasteiger partial charge in [0.1, 0.15) is 5.69 Å². The molecule has 0 radical (unpaired) electrons. The van der Waals surface area contributed by atoms with Crippen LogP contribution in [0.4, 0.5) is 0 Å². The average Bonchev–Trinajstić information content (AvgIpc) is 3.43. The molecule has 0 aliphatic heterocycles. The normalized spacial score (nSPS) is 14.8. The minimum atomic E-state index is 0.105. The summed E-state index contributed by atoms with van der Waals surface area (Å²) in [5.74, 6) is 0.966. The van der Waals surface area contributed by atoms with E-state index in [0.29, 0.717) is 5.82 Å². The lowest BCUT2D eigenvalue weighted by Gasteiger charge is -2.08. The highest BCUT2D eigenvalue weighted by atomic mass is 16.2. The number of amides is 1. The third-order valence-corrected chi connectivity index (χ3v) is 5.55. The molecule has 0 atom stereocenters. The van der Waals surface area contributed by atoms with Crippen LogP contribution in [-0.4, -0.2) is 31.1 Å². The van der Waals surface area contributed by atoms with Gasteiger partial charge < -0.3 is 10.3 Å². The number of pyridine rings is 1. The number of imidazole rings is 1. The van der Waals surface area contributed by atoms with Gasteiger partial charge >= 0.3 is 0 Å². The van der Waals surface area contributed by atoms with Gasteiger partial charge in [0.25, 0.3) is 0 Å². The van der Waals surface area contributed by atoms with Gasteiger partial charge in [0, 0.05) is 23.2 Å². The number of hydrogen-bond acceptors (Lipinski definition) is 4. The number of carbonyl (C=O) groups is 1. The maximum absolute atomic E-state index is 12.1. The van der Waals surface area contributed by atoms with Crippen molar-refractivity contribution >= 4 is 33.4 Å². The zero-order valence-electron chi connectivity index (χ0n) is 17.9. The molecule has 0 saturated heterocycles. The van der Waals surface area contributed by atoms with Crippen LogP contribution in [0.5, 0.6) is 0 Å². The van der Waals surface area contributed by atoms with Crippen LogP contribution in [0.3, 0.4) is 0 Å². The van der Waals surface area contributed by atoms with E-state index in [4.69, 9.17) is 0 Å². The third kappa shape index (κ3) is 3.97. The van der Waals surface area contributed by atoms with E-state index in [2.05, 4.69) is 49.2 Å². The molecule has 3 N–H and O–H groups in total. The number of aromatic nitrogens is 5. The molecular formula is C25H24N6O. The van der Waals surface area contributed by atoms with Crippen LogP contribution < -0.4 is 5.32 Å². The van der Waals surface area contributed by atoms with Gasteiger partial charge in [-0.15, -0.1) is 6.58 Å². The number of hydrogen-bond donors (Lipinski definition) is 3. The summed E-state index contributed by atoms with van der Waals surface area (Å²) in [6, 6.07) is 8.03. The first-order chi connectivity index (χ1) is 15.6. The van der Waals surface area contributed by atoms with Gasteiger partial charge in [-0.05, 0) is 61.6 Å². The Morgan fingerprint density at radius 1 is 1.28 bits per heavy atom. The first-order valence-corrected chi connectivity index (χ1v) is 10.7. The maximum Gasteiger partial charge on any atom is 0.227 e. The Morgan fingerprint density at radius 3 is 2.94 bits per heavy atom. The Kier molecular flexibility index (Phi) is 5.15. The summed E-state index contributed by atoms with van der Waals surface area (Å²) < 4.78 is 0. The minimum Gasteiger partial charge on any atom is -0.335 e. The second kappa shape index (κ2) is 8.26. The van der Waals surface area contributed by atoms with Crippen LogP contribution in [0.25, 0.3) is 39.0 Å². The summed E-state index contributed by atoms with van der Waals surface area (Å²) >= 11 is 0. The maximum atomic E-state index is 12.1. The lowest BCUT2D eigenvalue weighted by Crippen LogP contribution is -2.22. The van der Waals surface area contributed by atoms with E-state index in [9.17, 15) is 4.79 Å². The molecule has 0 unspecified atom stereocenters. The highest BCUT2D eigenvalue weighted by Gasteiger charge is 2.29. The monoisotopic (exact) mass is 424 g/mol.